The van der Waals surface area contributed by atoms with Gasteiger partial charge in [0.05, 0.1) is 17.4 Å². The Morgan fingerprint density at radius 2 is 1.70 bits per heavy atom. The molecule has 0 amide bonds. The summed E-state index contributed by atoms with van der Waals surface area (Å²) in [6, 6.07) is 7.70. The lowest BCUT2D eigenvalue weighted by molar-refractivity contribution is 0.576. The lowest BCUT2D eigenvalue weighted by atomic mass is 10.1. The molecule has 2 N–H and O–H groups in total. The number of rotatable bonds is 3. The van der Waals surface area contributed by atoms with Crippen molar-refractivity contribution >= 4 is 11.4 Å². The summed E-state index contributed by atoms with van der Waals surface area (Å²) in [5.41, 5.74) is 6.10. The lowest BCUT2D eigenvalue weighted by Gasteiger charge is -2.29. The number of nitrogen functional groups attached to an aromatic ring is 1. The first-order valence-electron chi connectivity index (χ1n) is 6.13. The van der Waals surface area contributed by atoms with Gasteiger partial charge >= 0.3 is 0 Å². The quantitative estimate of drug-likeness (QED) is 0.864. The number of hydrogen-bond donors (Lipinski definition) is 1. The van der Waals surface area contributed by atoms with Crippen LogP contribution in [0.15, 0.2) is 36.4 Å². The minimum atomic E-state index is -0.826. The molecule has 0 fully saturated rings. The number of hydrogen-bond acceptors (Lipinski definition) is 2. The highest BCUT2D eigenvalue weighted by Crippen LogP contribution is 2.32. The Balaban J connectivity index is 2.41. The first-order chi connectivity index (χ1) is 9.41. The van der Waals surface area contributed by atoms with Gasteiger partial charge in [-0.15, -0.1) is 0 Å². The van der Waals surface area contributed by atoms with E-state index < -0.39 is 17.7 Å². The molecule has 5 heteroatoms. The van der Waals surface area contributed by atoms with E-state index in [4.69, 9.17) is 5.73 Å². The Hall–Kier alpha value is -2.17. The Kier molecular flexibility index (Phi) is 3.88. The van der Waals surface area contributed by atoms with Gasteiger partial charge in [-0.1, -0.05) is 18.2 Å². The zero-order valence-corrected chi connectivity index (χ0v) is 11.2. The van der Waals surface area contributed by atoms with Gasteiger partial charge in [-0.05, 0) is 19.1 Å². The second-order valence-electron chi connectivity index (χ2n) is 4.63. The fourth-order valence-corrected chi connectivity index (χ4v) is 2.09. The molecule has 0 aromatic heterocycles. The van der Waals surface area contributed by atoms with Gasteiger partial charge in [0.25, 0.3) is 0 Å². The van der Waals surface area contributed by atoms with E-state index in [2.05, 4.69) is 0 Å². The summed E-state index contributed by atoms with van der Waals surface area (Å²) in [7, 11) is 1.61. The fourth-order valence-electron chi connectivity index (χ4n) is 2.09. The van der Waals surface area contributed by atoms with Gasteiger partial charge in [-0.25, -0.2) is 13.2 Å². The molecule has 0 spiro atoms. The monoisotopic (exact) mass is 280 g/mol. The van der Waals surface area contributed by atoms with Gasteiger partial charge in [0.2, 0.25) is 0 Å². The molecule has 1 unspecified atom stereocenters. The van der Waals surface area contributed by atoms with Crippen LogP contribution in [0, 0.1) is 17.5 Å². The molecule has 0 heterocycles. The third-order valence-electron chi connectivity index (χ3n) is 3.39. The van der Waals surface area contributed by atoms with Crippen molar-refractivity contribution in [3.63, 3.8) is 0 Å². The van der Waals surface area contributed by atoms with Crippen LogP contribution in [0.5, 0.6) is 0 Å². The van der Waals surface area contributed by atoms with Crippen molar-refractivity contribution in [2.75, 3.05) is 17.7 Å². The van der Waals surface area contributed by atoms with Crippen LogP contribution in [-0.4, -0.2) is 7.05 Å². The Labute approximate surface area is 115 Å². The van der Waals surface area contributed by atoms with E-state index >= 15 is 0 Å². The molecule has 20 heavy (non-hydrogen) atoms. The average Bonchev–Trinajstić information content (AvgIpc) is 2.42. The van der Waals surface area contributed by atoms with Gasteiger partial charge in [-0.2, -0.15) is 0 Å². The summed E-state index contributed by atoms with van der Waals surface area (Å²) >= 11 is 0. The maximum absolute atomic E-state index is 13.8. The highest BCUT2D eigenvalue weighted by atomic mass is 19.1. The molecule has 1 atom stereocenters. The molecule has 2 aromatic carbocycles. The summed E-state index contributed by atoms with van der Waals surface area (Å²) in [5.74, 6) is -1.92. The Morgan fingerprint density at radius 1 is 1.05 bits per heavy atom. The first kappa shape index (κ1) is 14.2. The number of nitrogens with two attached hydrogens (primary N) is 1. The Morgan fingerprint density at radius 3 is 2.35 bits per heavy atom. The molecule has 0 saturated heterocycles. The minimum Gasteiger partial charge on any atom is -0.395 e. The van der Waals surface area contributed by atoms with Crippen LogP contribution in [-0.2, 0) is 0 Å². The first-order valence-corrected chi connectivity index (χ1v) is 6.13. The zero-order chi connectivity index (χ0) is 14.9. The van der Waals surface area contributed by atoms with Gasteiger partial charge in [0.1, 0.15) is 11.6 Å². The van der Waals surface area contributed by atoms with Crippen LogP contribution in [0.4, 0.5) is 24.5 Å². The molecule has 0 aliphatic heterocycles. The summed E-state index contributed by atoms with van der Waals surface area (Å²) in [4.78, 5) is 1.54. The van der Waals surface area contributed by atoms with Crippen LogP contribution >= 0.6 is 0 Å². The highest BCUT2D eigenvalue weighted by Gasteiger charge is 2.19. The highest BCUT2D eigenvalue weighted by molar-refractivity contribution is 5.68. The van der Waals surface area contributed by atoms with Crippen LogP contribution in [0.1, 0.15) is 18.5 Å². The number of halogens is 3. The van der Waals surface area contributed by atoms with Gasteiger partial charge in [-0.3, -0.25) is 0 Å². The van der Waals surface area contributed by atoms with E-state index in [-0.39, 0.29) is 17.2 Å². The summed E-state index contributed by atoms with van der Waals surface area (Å²) < 4.78 is 40.6. The van der Waals surface area contributed by atoms with Gasteiger partial charge in [0, 0.05) is 18.7 Å². The van der Waals surface area contributed by atoms with E-state index in [0.29, 0.717) is 5.56 Å². The molecule has 0 aliphatic carbocycles. The standard InChI is InChI=1S/C15H15F3N2/c1-9(11-5-3-4-6-12(11)17)20(2)14-8-10(16)7-13(18)15(14)19/h3-9H,19H2,1-2H3. The largest absolute Gasteiger partial charge is 0.395 e. The van der Waals surface area contributed by atoms with Crippen molar-refractivity contribution in [3.05, 3.63) is 59.4 Å². The van der Waals surface area contributed by atoms with Crippen molar-refractivity contribution in [1.82, 2.24) is 0 Å². The summed E-state index contributed by atoms with van der Waals surface area (Å²) in [6.07, 6.45) is 0. The molecular formula is C15H15F3N2. The third kappa shape index (κ3) is 2.57. The SMILES string of the molecule is CC(c1ccccc1F)N(C)c1cc(F)cc(F)c1N. The summed E-state index contributed by atoms with van der Waals surface area (Å²) in [6.45, 7) is 1.74. The average molecular weight is 280 g/mol. The smallest absolute Gasteiger partial charge is 0.151 e. The summed E-state index contributed by atoms with van der Waals surface area (Å²) in [5, 5.41) is 0. The van der Waals surface area contributed by atoms with E-state index in [9.17, 15) is 13.2 Å². The second-order valence-corrected chi connectivity index (χ2v) is 4.63. The lowest BCUT2D eigenvalue weighted by Crippen LogP contribution is -2.24. The molecule has 2 nitrogen and oxygen atoms in total. The van der Waals surface area contributed by atoms with Gasteiger partial charge < -0.3 is 10.6 Å². The fraction of sp³-hybridized carbons (Fsp3) is 0.200. The predicted molar refractivity (Wildman–Crippen MR) is 74.0 cm³/mol. The predicted octanol–water partition coefficient (Wildman–Crippen LogP) is 3.88. The molecule has 2 aromatic rings. The van der Waals surface area contributed by atoms with E-state index in [1.54, 1.807) is 37.1 Å². The van der Waals surface area contributed by atoms with E-state index in [1.165, 1.54) is 6.07 Å². The van der Waals surface area contributed by atoms with Crippen molar-refractivity contribution in [1.29, 1.82) is 0 Å². The van der Waals surface area contributed by atoms with Gasteiger partial charge in [0.15, 0.2) is 5.82 Å². The van der Waals surface area contributed by atoms with Crippen molar-refractivity contribution in [2.24, 2.45) is 0 Å². The van der Waals surface area contributed by atoms with Crippen molar-refractivity contribution in [2.45, 2.75) is 13.0 Å². The molecule has 0 radical (unpaired) electrons. The normalized spacial score (nSPS) is 12.2. The minimum absolute atomic E-state index is 0.155. The van der Waals surface area contributed by atoms with E-state index in [1.807, 2.05) is 0 Å². The molecule has 0 bridgehead atoms. The number of benzene rings is 2. The van der Waals surface area contributed by atoms with Crippen molar-refractivity contribution < 1.29 is 13.2 Å². The Bertz CT molecular complexity index is 629. The third-order valence-corrected chi connectivity index (χ3v) is 3.39. The maximum atomic E-state index is 13.8. The van der Waals surface area contributed by atoms with Crippen molar-refractivity contribution in [3.8, 4) is 0 Å². The maximum Gasteiger partial charge on any atom is 0.151 e. The van der Waals surface area contributed by atoms with E-state index in [0.717, 1.165) is 12.1 Å². The topological polar surface area (TPSA) is 29.3 Å². The van der Waals surface area contributed by atoms with Crippen LogP contribution in [0.3, 0.4) is 0 Å². The van der Waals surface area contributed by atoms with Crippen LogP contribution < -0.4 is 10.6 Å². The van der Waals surface area contributed by atoms with Crippen LogP contribution in [0.25, 0.3) is 0 Å². The molecule has 106 valence electrons. The van der Waals surface area contributed by atoms with Crippen LogP contribution in [0.2, 0.25) is 0 Å². The number of anilines is 2. The molecule has 0 aliphatic rings. The molecular weight excluding hydrogens is 265 g/mol. The molecule has 2 rings (SSSR count). The zero-order valence-electron chi connectivity index (χ0n) is 11.2. The second kappa shape index (κ2) is 5.45. The number of nitrogens with zero attached hydrogens (tertiary/aromatic N) is 1. The molecule has 0 saturated carbocycles.